The summed E-state index contributed by atoms with van der Waals surface area (Å²) in [5.41, 5.74) is 10.7. The lowest BCUT2D eigenvalue weighted by Gasteiger charge is -2.20. The summed E-state index contributed by atoms with van der Waals surface area (Å²) >= 11 is 0. The van der Waals surface area contributed by atoms with Gasteiger partial charge in [-0.25, -0.2) is 9.97 Å². The molecular weight excluding hydrogens is 697 g/mol. The van der Waals surface area contributed by atoms with E-state index in [9.17, 15) is 0 Å². The Balaban J connectivity index is 1.01. The Morgan fingerprint density at radius 1 is 0.386 bits per heavy atom. The molecule has 5 heteroatoms. The molecule has 13 rings (SSSR count). The van der Waals surface area contributed by atoms with Gasteiger partial charge in [-0.05, 0) is 94.0 Å². The largest absolute Gasteiger partial charge is 0.456 e. The van der Waals surface area contributed by atoms with Crippen LogP contribution >= 0.6 is 0 Å². The van der Waals surface area contributed by atoms with E-state index in [0.29, 0.717) is 5.95 Å². The smallest absolute Gasteiger partial charge is 0.235 e. The van der Waals surface area contributed by atoms with Gasteiger partial charge in [0.1, 0.15) is 11.5 Å². The van der Waals surface area contributed by atoms with Gasteiger partial charge in [0.05, 0.1) is 44.4 Å². The zero-order chi connectivity index (χ0) is 37.2. The topological polar surface area (TPSA) is 44.9 Å². The number of hydrogen-bond acceptors (Lipinski definition) is 3. The summed E-state index contributed by atoms with van der Waals surface area (Å²) in [6.45, 7) is 0. The minimum atomic E-state index is 0.640. The Kier molecular flexibility index (Phi) is 6.10. The maximum Gasteiger partial charge on any atom is 0.235 e. The maximum absolute atomic E-state index is 6.29. The summed E-state index contributed by atoms with van der Waals surface area (Å²) < 4.78 is 11.0. The Hall–Kier alpha value is -7.76. The van der Waals surface area contributed by atoms with Crippen LogP contribution in [0.15, 0.2) is 182 Å². The predicted molar refractivity (Wildman–Crippen MR) is 234 cm³/mol. The molecule has 0 radical (unpaired) electrons. The summed E-state index contributed by atoms with van der Waals surface area (Å²) in [5, 5.41) is 10.7. The van der Waals surface area contributed by atoms with Gasteiger partial charge in [-0.1, -0.05) is 115 Å². The number of nitrogens with zero attached hydrogens (tertiary/aromatic N) is 4. The molecule has 0 bridgehead atoms. The van der Waals surface area contributed by atoms with Crippen molar-refractivity contribution in [1.82, 2.24) is 19.1 Å². The van der Waals surface area contributed by atoms with Crippen LogP contribution in [0.4, 0.5) is 0 Å². The summed E-state index contributed by atoms with van der Waals surface area (Å²) in [5.74, 6) is 2.23. The van der Waals surface area contributed by atoms with E-state index >= 15 is 0 Å². The minimum absolute atomic E-state index is 0.640. The number of fused-ring (bicyclic) bond motifs is 11. The van der Waals surface area contributed by atoms with Crippen LogP contribution in [0.2, 0.25) is 0 Å². The zero-order valence-corrected chi connectivity index (χ0v) is 30.5. The van der Waals surface area contributed by atoms with Crippen molar-refractivity contribution in [1.29, 1.82) is 0 Å². The molecule has 9 aromatic carbocycles. The molecule has 57 heavy (non-hydrogen) atoms. The third-order valence-corrected chi connectivity index (χ3v) is 11.9. The van der Waals surface area contributed by atoms with E-state index in [4.69, 9.17) is 14.7 Å². The normalized spacial score (nSPS) is 12.4. The van der Waals surface area contributed by atoms with E-state index in [1.54, 1.807) is 0 Å². The van der Waals surface area contributed by atoms with Gasteiger partial charge in [-0.15, -0.1) is 0 Å². The number of benzene rings is 9. The van der Waals surface area contributed by atoms with Gasteiger partial charge in [0.15, 0.2) is 0 Å². The highest BCUT2D eigenvalue weighted by Gasteiger charge is 2.25. The zero-order valence-electron chi connectivity index (χ0n) is 30.5. The van der Waals surface area contributed by atoms with E-state index in [0.717, 1.165) is 61.0 Å². The highest BCUT2D eigenvalue weighted by molar-refractivity contribution is 6.16. The van der Waals surface area contributed by atoms with Crippen molar-refractivity contribution < 1.29 is 4.74 Å². The molecule has 0 N–H and O–H groups in total. The monoisotopic (exact) mass is 726 g/mol. The summed E-state index contributed by atoms with van der Waals surface area (Å²) in [7, 11) is 0. The van der Waals surface area contributed by atoms with E-state index < -0.39 is 0 Å². The number of hydrogen-bond donors (Lipinski definition) is 0. The Morgan fingerprint density at radius 3 is 1.79 bits per heavy atom. The number of para-hydroxylation sites is 3. The van der Waals surface area contributed by atoms with Crippen molar-refractivity contribution in [3.05, 3.63) is 182 Å². The van der Waals surface area contributed by atoms with E-state index in [1.807, 2.05) is 36.4 Å². The van der Waals surface area contributed by atoms with Gasteiger partial charge in [0.2, 0.25) is 5.95 Å². The second kappa shape index (κ2) is 11.4. The van der Waals surface area contributed by atoms with Gasteiger partial charge >= 0.3 is 0 Å². The molecule has 1 aliphatic rings. The standard InChI is InChI=1S/C52H30N4O/c1-2-13-35-31(11-1)23-24-32-12-9-20-46(49(32)35)55-42-18-6-3-14-36(42)39-29-33(25-27-44(39)55)34-26-28-45-40(30-34)37-15-4-7-19-43(37)56(45)52-53-41-17-10-22-48-50(41)51(54-52)38-16-5-8-21-47(38)57-48/h1-30H. The third-order valence-electron chi connectivity index (χ3n) is 11.9. The lowest BCUT2D eigenvalue weighted by Crippen LogP contribution is -2.06. The summed E-state index contributed by atoms with van der Waals surface area (Å²) in [4.78, 5) is 10.5. The number of aromatic nitrogens is 4. The van der Waals surface area contributed by atoms with Crippen LogP contribution in [0.3, 0.4) is 0 Å². The van der Waals surface area contributed by atoms with Crippen molar-refractivity contribution in [2.24, 2.45) is 0 Å². The van der Waals surface area contributed by atoms with Crippen LogP contribution in [0.1, 0.15) is 0 Å². The first-order valence-electron chi connectivity index (χ1n) is 19.3. The molecule has 0 saturated carbocycles. The lowest BCUT2D eigenvalue weighted by atomic mass is 10.00. The second-order valence-electron chi connectivity index (χ2n) is 15.0. The average molecular weight is 727 g/mol. The van der Waals surface area contributed by atoms with Crippen molar-refractivity contribution >= 4 is 76.1 Å². The predicted octanol–water partition coefficient (Wildman–Crippen LogP) is 13.6. The Bertz CT molecular complexity index is 3690. The SMILES string of the molecule is c1ccc2c(c1)Oc1cccc3nc(-n4c5ccccc5c5cc(-c6ccc7c(c6)c6ccccc6n7-c6cccc7ccc8ccccc8c67)ccc54)nc-2c13. The lowest BCUT2D eigenvalue weighted by molar-refractivity contribution is 0.486. The molecule has 0 amide bonds. The highest BCUT2D eigenvalue weighted by Crippen LogP contribution is 2.46. The van der Waals surface area contributed by atoms with Crippen LogP contribution in [0.25, 0.3) is 110 Å². The van der Waals surface area contributed by atoms with Gasteiger partial charge in [-0.2, -0.15) is 0 Å². The third kappa shape index (κ3) is 4.28. The molecule has 0 aliphatic carbocycles. The van der Waals surface area contributed by atoms with Gasteiger partial charge in [0, 0.05) is 32.5 Å². The van der Waals surface area contributed by atoms with E-state index in [-0.39, 0.29) is 0 Å². The van der Waals surface area contributed by atoms with Crippen LogP contribution in [-0.4, -0.2) is 19.1 Å². The maximum atomic E-state index is 6.29. The van der Waals surface area contributed by atoms with Gasteiger partial charge in [0.25, 0.3) is 0 Å². The van der Waals surface area contributed by atoms with Crippen molar-refractivity contribution in [3.8, 4) is 45.5 Å². The average Bonchev–Trinajstić information content (AvgIpc) is 3.78. The van der Waals surface area contributed by atoms with Crippen molar-refractivity contribution in [2.45, 2.75) is 0 Å². The molecular formula is C52H30N4O. The molecule has 0 saturated heterocycles. The van der Waals surface area contributed by atoms with Crippen LogP contribution in [0.5, 0.6) is 11.5 Å². The number of rotatable bonds is 3. The number of ether oxygens (including phenoxy) is 1. The van der Waals surface area contributed by atoms with E-state index in [1.165, 1.54) is 54.6 Å². The first kappa shape index (κ1) is 30.6. The first-order chi connectivity index (χ1) is 28.3. The van der Waals surface area contributed by atoms with E-state index in [2.05, 4.69) is 155 Å². The Morgan fingerprint density at radius 2 is 0.982 bits per heavy atom. The molecule has 0 spiro atoms. The molecule has 0 fully saturated rings. The molecule has 3 aromatic heterocycles. The molecule has 264 valence electrons. The molecule has 4 heterocycles. The fourth-order valence-corrected chi connectivity index (χ4v) is 9.39. The summed E-state index contributed by atoms with van der Waals surface area (Å²) in [6, 6.07) is 65.1. The van der Waals surface area contributed by atoms with Gasteiger partial charge in [-0.3, -0.25) is 4.57 Å². The first-order valence-corrected chi connectivity index (χ1v) is 19.3. The van der Waals surface area contributed by atoms with Crippen LogP contribution in [0, 0.1) is 0 Å². The van der Waals surface area contributed by atoms with Crippen LogP contribution in [-0.2, 0) is 0 Å². The van der Waals surface area contributed by atoms with Gasteiger partial charge < -0.3 is 9.30 Å². The van der Waals surface area contributed by atoms with Crippen LogP contribution < -0.4 is 4.74 Å². The summed E-state index contributed by atoms with van der Waals surface area (Å²) in [6.07, 6.45) is 0. The molecule has 1 aliphatic heterocycles. The molecule has 0 atom stereocenters. The Labute approximate surface area is 326 Å². The minimum Gasteiger partial charge on any atom is -0.456 e. The quantitative estimate of drug-likeness (QED) is 0.170. The van der Waals surface area contributed by atoms with Crippen molar-refractivity contribution in [2.75, 3.05) is 0 Å². The second-order valence-corrected chi connectivity index (χ2v) is 15.0. The molecule has 5 nitrogen and oxygen atoms in total. The van der Waals surface area contributed by atoms with Crippen molar-refractivity contribution in [3.63, 3.8) is 0 Å². The fourth-order valence-electron chi connectivity index (χ4n) is 9.39. The highest BCUT2D eigenvalue weighted by atomic mass is 16.5. The fraction of sp³-hybridized carbons (Fsp3) is 0. The molecule has 12 aromatic rings. The molecule has 0 unspecified atom stereocenters.